The van der Waals surface area contributed by atoms with Gasteiger partial charge in [-0.1, -0.05) is 6.07 Å². The van der Waals surface area contributed by atoms with E-state index in [0.717, 1.165) is 31.6 Å². The van der Waals surface area contributed by atoms with Crippen molar-refractivity contribution in [1.29, 1.82) is 5.26 Å². The van der Waals surface area contributed by atoms with Crippen molar-refractivity contribution in [3.63, 3.8) is 0 Å². The lowest BCUT2D eigenvalue weighted by Crippen LogP contribution is -2.45. The van der Waals surface area contributed by atoms with E-state index in [1.54, 1.807) is 12.0 Å². The fourth-order valence-corrected chi connectivity index (χ4v) is 4.14. The van der Waals surface area contributed by atoms with Crippen LogP contribution < -0.4 is 10.1 Å². The van der Waals surface area contributed by atoms with Crippen LogP contribution in [0.3, 0.4) is 0 Å². The molecule has 1 N–H and O–H groups in total. The molecule has 0 aromatic heterocycles. The Balaban J connectivity index is 1.77. The molecule has 1 aromatic carbocycles. The summed E-state index contributed by atoms with van der Waals surface area (Å²) in [7, 11) is 1.70. The first-order valence-corrected chi connectivity index (χ1v) is 8.63. The maximum absolute atomic E-state index is 12.8. The minimum atomic E-state index is -0.256. The van der Waals surface area contributed by atoms with Crippen LogP contribution >= 0.6 is 0 Å². The molecule has 128 valence electrons. The zero-order valence-electron chi connectivity index (χ0n) is 14.6. The Morgan fingerprint density at radius 1 is 1.42 bits per heavy atom. The Morgan fingerprint density at radius 3 is 2.92 bits per heavy atom. The van der Waals surface area contributed by atoms with Crippen LogP contribution in [0.15, 0.2) is 12.1 Å². The van der Waals surface area contributed by atoms with Gasteiger partial charge in [-0.05, 0) is 50.3 Å². The van der Waals surface area contributed by atoms with E-state index in [9.17, 15) is 10.1 Å². The monoisotopic (exact) mass is 327 g/mol. The summed E-state index contributed by atoms with van der Waals surface area (Å²) >= 11 is 0. The lowest BCUT2D eigenvalue weighted by molar-refractivity contribution is -0.133. The smallest absolute Gasteiger partial charge is 0.240 e. The number of nitrogens with one attached hydrogen (secondary N) is 1. The summed E-state index contributed by atoms with van der Waals surface area (Å²) in [6, 6.07) is 6.02. The molecule has 0 aliphatic carbocycles. The van der Waals surface area contributed by atoms with Gasteiger partial charge in [0, 0.05) is 24.6 Å². The standard InChI is InChI=1S/C19H25N3O2/c1-12-7-13(2)18(17(8-12)24-3)14-9-16(21-11-14)19(23)22-6-4-5-15(22)10-20/h7-8,14-16,21H,4-6,9,11H2,1-3H3/t14-,15-,16-/m0/s1. The molecule has 5 heteroatoms. The highest BCUT2D eigenvalue weighted by Crippen LogP contribution is 2.36. The Kier molecular flexibility index (Phi) is 4.77. The van der Waals surface area contributed by atoms with E-state index in [4.69, 9.17) is 4.74 Å². The predicted octanol–water partition coefficient (Wildman–Crippen LogP) is 2.27. The number of ether oxygens (including phenoxy) is 1. The van der Waals surface area contributed by atoms with Crippen LogP contribution in [0.2, 0.25) is 0 Å². The SMILES string of the molecule is COc1cc(C)cc(C)c1[C@@H]1CN[C@H](C(=O)N2CCC[C@H]2C#N)C1. The first kappa shape index (κ1) is 16.8. The normalized spacial score (nSPS) is 26.4. The van der Waals surface area contributed by atoms with E-state index in [1.807, 2.05) is 0 Å². The summed E-state index contributed by atoms with van der Waals surface area (Å²) in [5.74, 6) is 1.24. The van der Waals surface area contributed by atoms with Gasteiger partial charge in [-0.15, -0.1) is 0 Å². The molecule has 1 amide bonds. The topological polar surface area (TPSA) is 65.4 Å². The lowest BCUT2D eigenvalue weighted by atomic mass is 9.90. The number of nitrogens with zero attached hydrogens (tertiary/aromatic N) is 2. The highest BCUT2D eigenvalue weighted by Gasteiger charge is 2.38. The number of methoxy groups -OCH3 is 1. The molecule has 0 unspecified atom stereocenters. The number of nitriles is 1. The summed E-state index contributed by atoms with van der Waals surface area (Å²) in [6.07, 6.45) is 2.47. The Hall–Kier alpha value is -2.06. The Bertz CT molecular complexity index is 680. The quantitative estimate of drug-likeness (QED) is 0.925. The van der Waals surface area contributed by atoms with E-state index in [-0.39, 0.29) is 23.9 Å². The second kappa shape index (κ2) is 6.82. The number of hydrogen-bond acceptors (Lipinski definition) is 4. The third-order valence-electron chi connectivity index (χ3n) is 5.24. The van der Waals surface area contributed by atoms with Crippen LogP contribution in [0.25, 0.3) is 0 Å². The number of likely N-dealkylation sites (tertiary alicyclic amines) is 1. The molecular weight excluding hydrogens is 302 g/mol. The van der Waals surface area contributed by atoms with Gasteiger partial charge >= 0.3 is 0 Å². The number of carbonyl (C=O) groups excluding carboxylic acids is 1. The molecule has 3 rings (SSSR count). The summed E-state index contributed by atoms with van der Waals surface area (Å²) in [5, 5.41) is 12.6. The fraction of sp³-hybridized carbons (Fsp3) is 0.579. The van der Waals surface area contributed by atoms with Crippen LogP contribution in [-0.4, -0.2) is 43.1 Å². The van der Waals surface area contributed by atoms with Crippen LogP contribution in [-0.2, 0) is 4.79 Å². The highest BCUT2D eigenvalue weighted by molar-refractivity contribution is 5.83. The van der Waals surface area contributed by atoms with Gasteiger partial charge in [0.05, 0.1) is 19.2 Å². The van der Waals surface area contributed by atoms with Crippen molar-refractivity contribution in [3.05, 3.63) is 28.8 Å². The molecule has 24 heavy (non-hydrogen) atoms. The van der Waals surface area contributed by atoms with E-state index < -0.39 is 0 Å². The predicted molar refractivity (Wildman–Crippen MR) is 92.0 cm³/mol. The fourth-order valence-electron chi connectivity index (χ4n) is 4.14. The summed E-state index contributed by atoms with van der Waals surface area (Å²) in [6.45, 7) is 5.63. The molecule has 2 heterocycles. The molecular formula is C19H25N3O2. The third-order valence-corrected chi connectivity index (χ3v) is 5.24. The second-order valence-electron chi connectivity index (χ2n) is 6.91. The first-order valence-electron chi connectivity index (χ1n) is 8.63. The van der Waals surface area contributed by atoms with Gasteiger partial charge in [0.1, 0.15) is 11.8 Å². The molecule has 0 spiro atoms. The van der Waals surface area contributed by atoms with E-state index >= 15 is 0 Å². The molecule has 0 bridgehead atoms. The number of rotatable bonds is 3. The molecule has 3 atom stereocenters. The average molecular weight is 327 g/mol. The molecule has 0 radical (unpaired) electrons. The molecule has 2 fully saturated rings. The average Bonchev–Trinajstić information content (AvgIpc) is 3.22. The van der Waals surface area contributed by atoms with Gasteiger partial charge in [-0.3, -0.25) is 4.79 Å². The van der Waals surface area contributed by atoms with Crippen molar-refractivity contribution in [1.82, 2.24) is 10.2 Å². The van der Waals surface area contributed by atoms with Crippen molar-refractivity contribution in [2.24, 2.45) is 0 Å². The van der Waals surface area contributed by atoms with Gasteiger partial charge in [0.2, 0.25) is 5.91 Å². The van der Waals surface area contributed by atoms with Crippen LogP contribution in [0.4, 0.5) is 0 Å². The minimum Gasteiger partial charge on any atom is -0.496 e. The molecule has 5 nitrogen and oxygen atoms in total. The molecule has 1 aromatic rings. The van der Waals surface area contributed by atoms with E-state index in [2.05, 4.69) is 37.4 Å². The maximum atomic E-state index is 12.8. The second-order valence-corrected chi connectivity index (χ2v) is 6.91. The number of aryl methyl sites for hydroxylation is 2. The number of hydrogen-bond donors (Lipinski definition) is 1. The van der Waals surface area contributed by atoms with Gasteiger partial charge in [-0.25, -0.2) is 0 Å². The van der Waals surface area contributed by atoms with Gasteiger partial charge in [-0.2, -0.15) is 5.26 Å². The molecule has 0 saturated carbocycles. The van der Waals surface area contributed by atoms with Crippen LogP contribution in [0.1, 0.15) is 41.9 Å². The first-order chi connectivity index (χ1) is 11.5. The van der Waals surface area contributed by atoms with E-state index in [0.29, 0.717) is 6.54 Å². The molecule has 2 aliphatic rings. The van der Waals surface area contributed by atoms with Gasteiger partial charge in [0.25, 0.3) is 0 Å². The van der Waals surface area contributed by atoms with Gasteiger partial charge in [0.15, 0.2) is 0 Å². The van der Waals surface area contributed by atoms with Crippen molar-refractivity contribution < 1.29 is 9.53 Å². The lowest BCUT2D eigenvalue weighted by Gasteiger charge is -2.23. The number of carbonyl (C=O) groups is 1. The van der Waals surface area contributed by atoms with Crippen molar-refractivity contribution in [3.8, 4) is 11.8 Å². The zero-order chi connectivity index (χ0) is 17.3. The van der Waals surface area contributed by atoms with E-state index in [1.165, 1.54) is 16.7 Å². The Morgan fingerprint density at radius 2 is 2.21 bits per heavy atom. The molecule has 2 aliphatic heterocycles. The van der Waals surface area contributed by atoms with Crippen molar-refractivity contribution in [2.75, 3.05) is 20.2 Å². The zero-order valence-corrected chi connectivity index (χ0v) is 14.6. The summed E-state index contributed by atoms with van der Waals surface area (Å²) in [5.41, 5.74) is 3.59. The van der Waals surface area contributed by atoms with Crippen molar-refractivity contribution >= 4 is 5.91 Å². The third kappa shape index (κ3) is 2.99. The van der Waals surface area contributed by atoms with Crippen molar-refractivity contribution in [2.45, 2.75) is 51.1 Å². The van der Waals surface area contributed by atoms with Crippen LogP contribution in [0.5, 0.6) is 5.75 Å². The summed E-state index contributed by atoms with van der Waals surface area (Å²) in [4.78, 5) is 14.5. The minimum absolute atomic E-state index is 0.0743. The molecule has 2 saturated heterocycles. The number of amides is 1. The van der Waals surface area contributed by atoms with Gasteiger partial charge < -0.3 is 15.0 Å². The number of benzene rings is 1. The van der Waals surface area contributed by atoms with Crippen LogP contribution in [0, 0.1) is 25.2 Å². The summed E-state index contributed by atoms with van der Waals surface area (Å²) < 4.78 is 5.58. The Labute approximate surface area is 143 Å². The highest BCUT2D eigenvalue weighted by atomic mass is 16.5. The maximum Gasteiger partial charge on any atom is 0.240 e. The largest absolute Gasteiger partial charge is 0.496 e.